The molecule has 0 unspecified atom stereocenters. The minimum atomic E-state index is -0.582. The number of nitrogens with one attached hydrogen (secondary N) is 1. The van der Waals surface area contributed by atoms with Gasteiger partial charge in [0.2, 0.25) is 0 Å². The Balaban J connectivity index is 1.54. The summed E-state index contributed by atoms with van der Waals surface area (Å²) in [4.78, 5) is 43.1. The summed E-state index contributed by atoms with van der Waals surface area (Å²) in [5.41, 5.74) is 3.24. The van der Waals surface area contributed by atoms with Crippen LogP contribution in [0.15, 0.2) is 48.8 Å². The molecule has 4 rings (SSSR count). The number of aryl methyl sites for hydroxylation is 2. The first kappa shape index (κ1) is 20.9. The van der Waals surface area contributed by atoms with Crippen molar-refractivity contribution in [3.63, 3.8) is 0 Å². The number of aromatic nitrogens is 1. The topological polar surface area (TPSA) is 85.4 Å². The van der Waals surface area contributed by atoms with Gasteiger partial charge in [0.25, 0.3) is 5.91 Å². The normalized spacial score (nSPS) is 12.7. The minimum Gasteiger partial charge on any atom is -0.454 e. The number of rotatable bonds is 6. The van der Waals surface area contributed by atoms with Gasteiger partial charge in [0.05, 0.1) is 11.1 Å². The molecule has 0 radical (unpaired) electrons. The maximum Gasteiger partial charge on any atom is 0.341 e. The molecule has 1 N–H and O–H groups in total. The van der Waals surface area contributed by atoms with Gasteiger partial charge in [-0.15, -0.1) is 11.3 Å². The Kier molecular flexibility index (Phi) is 6.23. The van der Waals surface area contributed by atoms with Crippen LogP contribution in [0.1, 0.15) is 59.9 Å². The molecule has 0 spiro atoms. The number of Topliss-reactive ketones (excluding diaryl/α,β-unsaturated/α-hetero) is 1. The molecule has 0 bridgehead atoms. The third-order valence-corrected chi connectivity index (χ3v) is 6.44. The highest BCUT2D eigenvalue weighted by Crippen LogP contribution is 2.38. The summed E-state index contributed by atoms with van der Waals surface area (Å²) in [6.07, 6.45) is 6.71. The second kappa shape index (κ2) is 9.22. The fourth-order valence-corrected chi connectivity index (χ4v) is 4.84. The van der Waals surface area contributed by atoms with Gasteiger partial charge in [-0.05, 0) is 50.3 Å². The van der Waals surface area contributed by atoms with Gasteiger partial charge < -0.3 is 10.1 Å². The number of hydrogen-bond acceptors (Lipinski definition) is 6. The van der Waals surface area contributed by atoms with Gasteiger partial charge >= 0.3 is 5.97 Å². The Morgan fingerprint density at radius 2 is 1.84 bits per heavy atom. The zero-order chi connectivity index (χ0) is 21.8. The Morgan fingerprint density at radius 3 is 2.58 bits per heavy atom. The van der Waals surface area contributed by atoms with Crippen LogP contribution in [-0.4, -0.2) is 29.3 Å². The number of anilines is 1. The number of amides is 1. The number of benzene rings is 1. The van der Waals surface area contributed by atoms with Crippen LogP contribution in [0.5, 0.6) is 0 Å². The van der Waals surface area contributed by atoms with E-state index >= 15 is 0 Å². The van der Waals surface area contributed by atoms with E-state index in [2.05, 4.69) is 10.3 Å². The Hall–Kier alpha value is -3.32. The lowest BCUT2D eigenvalue weighted by Crippen LogP contribution is -2.18. The van der Waals surface area contributed by atoms with Gasteiger partial charge in [0.15, 0.2) is 12.4 Å². The first-order chi connectivity index (χ1) is 15.0. The van der Waals surface area contributed by atoms with E-state index in [0.717, 1.165) is 41.7 Å². The Labute approximate surface area is 184 Å². The van der Waals surface area contributed by atoms with E-state index in [9.17, 15) is 14.4 Å². The number of thiophene rings is 1. The van der Waals surface area contributed by atoms with Crippen molar-refractivity contribution < 1.29 is 19.1 Å². The average Bonchev–Trinajstić information content (AvgIpc) is 3.16. The molecule has 6 nitrogen and oxygen atoms in total. The highest BCUT2D eigenvalue weighted by molar-refractivity contribution is 7.17. The zero-order valence-electron chi connectivity index (χ0n) is 17.1. The molecule has 158 valence electrons. The monoisotopic (exact) mass is 434 g/mol. The molecule has 1 aliphatic rings. The first-order valence-electron chi connectivity index (χ1n) is 10.2. The predicted molar refractivity (Wildman–Crippen MR) is 119 cm³/mol. The number of fused-ring (bicyclic) bond motifs is 1. The van der Waals surface area contributed by atoms with Gasteiger partial charge in [-0.25, -0.2) is 4.79 Å². The number of hydrogen-bond donors (Lipinski definition) is 1. The highest BCUT2D eigenvalue weighted by atomic mass is 32.1. The van der Waals surface area contributed by atoms with Gasteiger partial charge in [-0.3, -0.25) is 14.6 Å². The van der Waals surface area contributed by atoms with Gasteiger partial charge in [-0.2, -0.15) is 0 Å². The molecule has 1 aliphatic carbocycles. The third kappa shape index (κ3) is 4.72. The summed E-state index contributed by atoms with van der Waals surface area (Å²) in [6, 6.07) is 10.5. The zero-order valence-corrected chi connectivity index (χ0v) is 18.0. The van der Waals surface area contributed by atoms with Crippen molar-refractivity contribution in [3.8, 4) is 0 Å². The fraction of sp³-hybridized carbons (Fsp3) is 0.250. The van der Waals surface area contributed by atoms with E-state index in [1.807, 2.05) is 19.1 Å². The largest absolute Gasteiger partial charge is 0.454 e. The smallest absolute Gasteiger partial charge is 0.341 e. The number of carbonyl (C=O) groups is 3. The number of ketones is 1. The van der Waals surface area contributed by atoms with Crippen molar-refractivity contribution in [1.29, 1.82) is 0 Å². The van der Waals surface area contributed by atoms with Gasteiger partial charge in [-0.1, -0.05) is 29.8 Å². The first-order valence-corrected chi connectivity index (χ1v) is 11.0. The number of esters is 1. The Bertz CT molecular complexity index is 1120. The van der Waals surface area contributed by atoms with Crippen LogP contribution in [0.4, 0.5) is 5.00 Å². The lowest BCUT2D eigenvalue weighted by molar-refractivity contribution is 0.0475. The van der Waals surface area contributed by atoms with Crippen molar-refractivity contribution in [2.45, 2.75) is 32.6 Å². The summed E-state index contributed by atoms with van der Waals surface area (Å²) in [5, 5.41) is 3.31. The van der Waals surface area contributed by atoms with Gasteiger partial charge in [0.1, 0.15) is 5.00 Å². The minimum absolute atomic E-state index is 0.265. The standard InChI is InChI=1S/C24H22N2O4S/c1-15-8-10-16(11-9-15)19(27)14-30-24(29)21-18-6-2-3-7-20(18)31-23(21)26-22(28)17-5-4-12-25-13-17/h4-5,8-13H,2-3,6-7,14H2,1H3,(H,26,28). The van der Waals surface area contributed by atoms with E-state index in [4.69, 9.17) is 4.74 Å². The summed E-state index contributed by atoms with van der Waals surface area (Å²) < 4.78 is 5.38. The number of carbonyl (C=O) groups excluding carboxylic acids is 3. The second-order valence-electron chi connectivity index (χ2n) is 7.48. The maximum atomic E-state index is 13.0. The van der Waals surface area contributed by atoms with Crippen molar-refractivity contribution >= 4 is 34.0 Å². The lowest BCUT2D eigenvalue weighted by atomic mass is 9.95. The number of pyridine rings is 1. The van der Waals surface area contributed by atoms with Crippen LogP contribution in [0.25, 0.3) is 0 Å². The fourth-order valence-electron chi connectivity index (χ4n) is 3.57. The molecule has 2 heterocycles. The van der Waals surface area contributed by atoms with E-state index in [-0.39, 0.29) is 18.3 Å². The molecule has 2 aromatic heterocycles. The maximum absolute atomic E-state index is 13.0. The number of ether oxygens (including phenoxy) is 1. The molecular formula is C24H22N2O4S. The van der Waals surface area contributed by atoms with Crippen molar-refractivity contribution in [1.82, 2.24) is 4.98 Å². The lowest BCUT2D eigenvalue weighted by Gasteiger charge is -2.13. The quantitative estimate of drug-likeness (QED) is 0.452. The number of nitrogens with zero attached hydrogens (tertiary/aromatic N) is 1. The van der Waals surface area contributed by atoms with Crippen LogP contribution >= 0.6 is 11.3 Å². The van der Waals surface area contributed by atoms with E-state index < -0.39 is 5.97 Å². The van der Waals surface area contributed by atoms with E-state index in [1.54, 1.807) is 30.5 Å². The molecule has 7 heteroatoms. The van der Waals surface area contributed by atoms with Crippen molar-refractivity contribution in [2.75, 3.05) is 11.9 Å². The molecule has 0 fully saturated rings. The third-order valence-electron chi connectivity index (χ3n) is 5.23. The molecule has 1 aromatic carbocycles. The molecule has 0 saturated heterocycles. The Morgan fingerprint density at radius 1 is 1.06 bits per heavy atom. The molecule has 1 amide bonds. The van der Waals surface area contributed by atoms with Crippen LogP contribution in [-0.2, 0) is 17.6 Å². The van der Waals surface area contributed by atoms with Crippen LogP contribution in [0, 0.1) is 6.92 Å². The van der Waals surface area contributed by atoms with Crippen molar-refractivity contribution in [3.05, 3.63) is 81.5 Å². The predicted octanol–water partition coefficient (Wildman–Crippen LogP) is 4.62. The average molecular weight is 435 g/mol. The van der Waals surface area contributed by atoms with Crippen LogP contribution < -0.4 is 5.32 Å². The molecule has 31 heavy (non-hydrogen) atoms. The van der Waals surface area contributed by atoms with E-state index in [0.29, 0.717) is 21.7 Å². The highest BCUT2D eigenvalue weighted by Gasteiger charge is 2.28. The summed E-state index contributed by atoms with van der Waals surface area (Å²) in [6.45, 7) is 1.60. The van der Waals surface area contributed by atoms with Crippen LogP contribution in [0.3, 0.4) is 0 Å². The molecule has 0 aliphatic heterocycles. The SMILES string of the molecule is Cc1ccc(C(=O)COC(=O)c2c(NC(=O)c3cccnc3)sc3c2CCCC3)cc1. The summed E-state index contributed by atoms with van der Waals surface area (Å²) >= 11 is 1.41. The summed E-state index contributed by atoms with van der Waals surface area (Å²) in [7, 11) is 0. The van der Waals surface area contributed by atoms with E-state index in [1.165, 1.54) is 17.5 Å². The van der Waals surface area contributed by atoms with Crippen LogP contribution in [0.2, 0.25) is 0 Å². The molecule has 3 aromatic rings. The molecule has 0 atom stereocenters. The second-order valence-corrected chi connectivity index (χ2v) is 8.58. The van der Waals surface area contributed by atoms with Crippen molar-refractivity contribution in [2.24, 2.45) is 0 Å². The van der Waals surface area contributed by atoms with Gasteiger partial charge in [0, 0.05) is 22.8 Å². The molecular weight excluding hydrogens is 412 g/mol. The molecule has 0 saturated carbocycles. The summed E-state index contributed by atoms with van der Waals surface area (Å²) in [5.74, 6) is -1.18.